The summed E-state index contributed by atoms with van der Waals surface area (Å²) in [6.45, 7) is 2.73. The molecule has 0 saturated heterocycles. The highest BCUT2D eigenvalue weighted by Gasteiger charge is 1.95. The van der Waals surface area contributed by atoms with E-state index in [1.54, 1.807) is 11.9 Å². The molecule has 0 aliphatic rings. The molecule has 0 fully saturated rings. The van der Waals surface area contributed by atoms with Crippen LogP contribution in [0.3, 0.4) is 0 Å². The summed E-state index contributed by atoms with van der Waals surface area (Å²) < 4.78 is 0. The van der Waals surface area contributed by atoms with Crippen LogP contribution < -0.4 is 0 Å². The molecule has 12 heavy (non-hydrogen) atoms. The van der Waals surface area contributed by atoms with Crippen LogP contribution >= 0.6 is 0 Å². The third-order valence-electron chi connectivity index (χ3n) is 1.73. The lowest BCUT2D eigenvalue weighted by Crippen LogP contribution is -2.14. The highest BCUT2D eigenvalue weighted by atomic mass is 16.1. The third-order valence-corrected chi connectivity index (χ3v) is 1.73. The molecule has 0 saturated carbocycles. The van der Waals surface area contributed by atoms with E-state index in [1.165, 1.54) is 5.56 Å². The van der Waals surface area contributed by atoms with Crippen molar-refractivity contribution in [1.82, 2.24) is 4.90 Å². The number of benzene rings is 1. The van der Waals surface area contributed by atoms with Crippen molar-refractivity contribution in [3.8, 4) is 0 Å². The second-order valence-electron chi connectivity index (χ2n) is 3.01. The van der Waals surface area contributed by atoms with Crippen LogP contribution in [0.5, 0.6) is 0 Å². The van der Waals surface area contributed by atoms with Gasteiger partial charge in [0.2, 0.25) is 6.41 Å². The monoisotopic (exact) mass is 163 g/mol. The van der Waals surface area contributed by atoms with E-state index in [0.29, 0.717) is 6.54 Å². The van der Waals surface area contributed by atoms with Gasteiger partial charge in [-0.2, -0.15) is 0 Å². The van der Waals surface area contributed by atoms with E-state index < -0.39 is 0 Å². The molecule has 0 atom stereocenters. The van der Waals surface area contributed by atoms with Gasteiger partial charge in [-0.15, -0.1) is 0 Å². The largest absolute Gasteiger partial charge is 0.344 e. The SMILES string of the molecule is Cc1ccc(CN(C)C=O)cc1. The first kappa shape index (κ1) is 8.78. The van der Waals surface area contributed by atoms with Crippen LogP contribution in [-0.4, -0.2) is 18.4 Å². The first-order chi connectivity index (χ1) is 5.72. The number of amides is 1. The Kier molecular flexibility index (Phi) is 2.86. The van der Waals surface area contributed by atoms with Gasteiger partial charge in [-0.05, 0) is 12.5 Å². The van der Waals surface area contributed by atoms with Gasteiger partial charge >= 0.3 is 0 Å². The second-order valence-corrected chi connectivity index (χ2v) is 3.01. The molecule has 2 heteroatoms. The number of carbonyl (C=O) groups is 1. The van der Waals surface area contributed by atoms with Crippen LogP contribution in [-0.2, 0) is 11.3 Å². The zero-order valence-electron chi connectivity index (χ0n) is 7.45. The van der Waals surface area contributed by atoms with Gasteiger partial charge in [0.25, 0.3) is 0 Å². The van der Waals surface area contributed by atoms with Crippen molar-refractivity contribution in [3.05, 3.63) is 35.4 Å². The number of hydrogen-bond acceptors (Lipinski definition) is 1. The number of hydrogen-bond donors (Lipinski definition) is 0. The zero-order chi connectivity index (χ0) is 8.97. The van der Waals surface area contributed by atoms with Gasteiger partial charge in [0, 0.05) is 13.6 Å². The van der Waals surface area contributed by atoms with Crippen LogP contribution in [0.25, 0.3) is 0 Å². The van der Waals surface area contributed by atoms with Crippen molar-refractivity contribution in [2.24, 2.45) is 0 Å². The molecular formula is C10H13NO. The Labute approximate surface area is 72.8 Å². The van der Waals surface area contributed by atoms with Crippen molar-refractivity contribution < 1.29 is 4.79 Å². The molecule has 0 unspecified atom stereocenters. The predicted octanol–water partition coefficient (Wildman–Crippen LogP) is 1.58. The maximum absolute atomic E-state index is 10.3. The summed E-state index contributed by atoms with van der Waals surface area (Å²) in [7, 11) is 1.77. The molecule has 0 heterocycles. The highest BCUT2D eigenvalue weighted by Crippen LogP contribution is 2.04. The average molecular weight is 163 g/mol. The first-order valence-electron chi connectivity index (χ1n) is 3.93. The number of rotatable bonds is 3. The highest BCUT2D eigenvalue weighted by molar-refractivity contribution is 5.46. The normalized spacial score (nSPS) is 9.50. The summed E-state index contributed by atoms with van der Waals surface area (Å²) in [5.41, 5.74) is 2.41. The maximum Gasteiger partial charge on any atom is 0.209 e. The molecule has 0 aliphatic carbocycles. The Bertz CT molecular complexity index is 253. The van der Waals surface area contributed by atoms with Crippen LogP contribution in [0.4, 0.5) is 0 Å². The fourth-order valence-corrected chi connectivity index (χ4v) is 1.02. The Hall–Kier alpha value is -1.31. The first-order valence-corrected chi connectivity index (χ1v) is 3.93. The summed E-state index contributed by atoms with van der Waals surface area (Å²) in [6.07, 6.45) is 0.833. The Morgan fingerprint density at radius 1 is 1.33 bits per heavy atom. The van der Waals surface area contributed by atoms with E-state index in [1.807, 2.05) is 31.2 Å². The molecule has 1 amide bonds. The Morgan fingerprint density at radius 3 is 2.42 bits per heavy atom. The molecule has 0 radical (unpaired) electrons. The van der Waals surface area contributed by atoms with Crippen molar-refractivity contribution in [2.45, 2.75) is 13.5 Å². The molecular weight excluding hydrogens is 150 g/mol. The maximum atomic E-state index is 10.3. The van der Waals surface area contributed by atoms with Gasteiger partial charge in [0.1, 0.15) is 0 Å². The lowest BCUT2D eigenvalue weighted by atomic mass is 10.1. The minimum Gasteiger partial charge on any atom is -0.344 e. The van der Waals surface area contributed by atoms with Gasteiger partial charge in [-0.1, -0.05) is 29.8 Å². The van der Waals surface area contributed by atoms with Crippen LogP contribution in [0.2, 0.25) is 0 Å². The fraction of sp³-hybridized carbons (Fsp3) is 0.300. The Balaban J connectivity index is 2.64. The molecule has 1 aromatic rings. The van der Waals surface area contributed by atoms with Crippen molar-refractivity contribution in [2.75, 3.05) is 7.05 Å². The lowest BCUT2D eigenvalue weighted by molar-refractivity contribution is -0.117. The van der Waals surface area contributed by atoms with Gasteiger partial charge in [0.15, 0.2) is 0 Å². The fourth-order valence-electron chi connectivity index (χ4n) is 1.02. The van der Waals surface area contributed by atoms with E-state index in [9.17, 15) is 4.79 Å². The summed E-state index contributed by atoms with van der Waals surface area (Å²) in [5, 5.41) is 0. The number of carbonyl (C=O) groups excluding carboxylic acids is 1. The molecule has 0 N–H and O–H groups in total. The number of aryl methyl sites for hydroxylation is 1. The third kappa shape index (κ3) is 2.38. The molecule has 1 aromatic carbocycles. The smallest absolute Gasteiger partial charge is 0.209 e. The van der Waals surface area contributed by atoms with E-state index >= 15 is 0 Å². The van der Waals surface area contributed by atoms with Gasteiger partial charge in [0.05, 0.1) is 0 Å². The van der Waals surface area contributed by atoms with Crippen LogP contribution in [0.15, 0.2) is 24.3 Å². The summed E-state index contributed by atoms with van der Waals surface area (Å²) in [4.78, 5) is 11.9. The molecule has 1 rings (SSSR count). The summed E-state index contributed by atoms with van der Waals surface area (Å²) in [5.74, 6) is 0. The average Bonchev–Trinajstić information content (AvgIpc) is 2.09. The van der Waals surface area contributed by atoms with Crippen molar-refractivity contribution in [1.29, 1.82) is 0 Å². The molecule has 0 bridgehead atoms. The molecule has 0 aliphatic heterocycles. The van der Waals surface area contributed by atoms with Gasteiger partial charge in [-0.25, -0.2) is 0 Å². The summed E-state index contributed by atoms with van der Waals surface area (Å²) >= 11 is 0. The minimum absolute atomic E-state index is 0.684. The Morgan fingerprint density at radius 2 is 1.92 bits per heavy atom. The standard InChI is InChI=1S/C10H13NO/c1-9-3-5-10(6-4-9)7-11(2)8-12/h3-6,8H,7H2,1-2H3. The lowest BCUT2D eigenvalue weighted by Gasteiger charge is -2.09. The predicted molar refractivity (Wildman–Crippen MR) is 48.7 cm³/mol. The van der Waals surface area contributed by atoms with E-state index in [-0.39, 0.29) is 0 Å². The topological polar surface area (TPSA) is 20.3 Å². The van der Waals surface area contributed by atoms with Crippen LogP contribution in [0.1, 0.15) is 11.1 Å². The van der Waals surface area contributed by atoms with Gasteiger partial charge < -0.3 is 4.90 Å². The second kappa shape index (κ2) is 3.90. The van der Waals surface area contributed by atoms with Gasteiger partial charge in [-0.3, -0.25) is 4.79 Å². The number of nitrogens with zero attached hydrogens (tertiary/aromatic N) is 1. The molecule has 64 valence electrons. The molecule has 0 aromatic heterocycles. The van der Waals surface area contributed by atoms with E-state index in [0.717, 1.165) is 12.0 Å². The molecule has 0 spiro atoms. The van der Waals surface area contributed by atoms with E-state index in [4.69, 9.17) is 0 Å². The van der Waals surface area contributed by atoms with Crippen LogP contribution in [0, 0.1) is 6.92 Å². The summed E-state index contributed by atoms with van der Waals surface area (Å²) in [6, 6.07) is 8.17. The van der Waals surface area contributed by atoms with Crippen molar-refractivity contribution in [3.63, 3.8) is 0 Å². The minimum atomic E-state index is 0.684. The quantitative estimate of drug-likeness (QED) is 0.619. The van der Waals surface area contributed by atoms with Crippen molar-refractivity contribution >= 4 is 6.41 Å². The zero-order valence-corrected chi connectivity index (χ0v) is 7.45. The molecule has 2 nitrogen and oxygen atoms in total. The van der Waals surface area contributed by atoms with E-state index in [2.05, 4.69) is 0 Å².